The molecule has 1 aromatic heterocycles. The predicted molar refractivity (Wildman–Crippen MR) is 106 cm³/mol. The van der Waals surface area contributed by atoms with Gasteiger partial charge in [-0.3, -0.25) is 9.89 Å². The summed E-state index contributed by atoms with van der Waals surface area (Å²) in [6.45, 7) is 0.791. The van der Waals surface area contributed by atoms with Crippen molar-refractivity contribution in [2.45, 2.75) is 25.3 Å². The largest absolute Gasteiger partial charge is 0.322 e. The number of rotatable bonds is 4. The number of benzene rings is 2. The maximum absolute atomic E-state index is 14.4. The van der Waals surface area contributed by atoms with Gasteiger partial charge in [0.2, 0.25) is 5.91 Å². The van der Waals surface area contributed by atoms with Crippen LogP contribution in [-0.4, -0.2) is 28.7 Å². The molecule has 5 nitrogen and oxygen atoms in total. The van der Waals surface area contributed by atoms with E-state index in [0.29, 0.717) is 16.6 Å². The predicted octanol–water partition coefficient (Wildman–Crippen LogP) is 4.09. The van der Waals surface area contributed by atoms with Gasteiger partial charge >= 0.3 is 0 Å². The van der Waals surface area contributed by atoms with Crippen LogP contribution in [0.3, 0.4) is 0 Å². The standard InChI is InChI=1S/C21H20F2N4O/c22-14-7-4-13(5-8-14)6-9-17-15-11-20(16(23)12-19(15)27-26-17)25-21(28)18-3-1-2-10-24-18/h4-9,11-12,18,24H,1-3,10H2,(H,25,28)(H,26,27). The first-order chi connectivity index (χ1) is 13.6. The van der Waals surface area contributed by atoms with Crippen LogP contribution < -0.4 is 10.6 Å². The third kappa shape index (κ3) is 3.94. The summed E-state index contributed by atoms with van der Waals surface area (Å²) in [4.78, 5) is 12.4. The summed E-state index contributed by atoms with van der Waals surface area (Å²) in [6, 6.07) is 8.67. The molecule has 144 valence electrons. The first-order valence-corrected chi connectivity index (χ1v) is 9.26. The van der Waals surface area contributed by atoms with Crippen LogP contribution in [0.1, 0.15) is 30.5 Å². The number of fused-ring (bicyclic) bond motifs is 1. The SMILES string of the molecule is O=C(Nc1cc2c(C=Cc3ccc(F)cc3)n[nH]c2cc1F)C1CCCCN1. The number of piperidine rings is 1. The van der Waals surface area contributed by atoms with E-state index in [0.717, 1.165) is 31.4 Å². The molecule has 0 saturated carbocycles. The number of hydrogen-bond acceptors (Lipinski definition) is 3. The van der Waals surface area contributed by atoms with Gasteiger partial charge in [0.25, 0.3) is 0 Å². The van der Waals surface area contributed by atoms with Crippen molar-refractivity contribution in [1.29, 1.82) is 0 Å². The normalized spacial score (nSPS) is 17.3. The molecule has 1 fully saturated rings. The Morgan fingerprint density at radius 1 is 1.14 bits per heavy atom. The number of H-pyrrole nitrogens is 1. The Balaban J connectivity index is 1.58. The smallest absolute Gasteiger partial charge is 0.241 e. The maximum Gasteiger partial charge on any atom is 0.241 e. The Morgan fingerprint density at radius 3 is 2.71 bits per heavy atom. The molecular formula is C21H20F2N4O. The molecule has 1 aliphatic rings. The number of nitrogens with one attached hydrogen (secondary N) is 3. The van der Waals surface area contributed by atoms with Gasteiger partial charge in [0, 0.05) is 11.5 Å². The Hall–Kier alpha value is -3.06. The van der Waals surface area contributed by atoms with Crippen LogP contribution in [0.4, 0.5) is 14.5 Å². The van der Waals surface area contributed by atoms with Gasteiger partial charge < -0.3 is 10.6 Å². The van der Waals surface area contributed by atoms with Crippen LogP contribution in [0, 0.1) is 11.6 Å². The molecule has 2 heterocycles. The zero-order valence-corrected chi connectivity index (χ0v) is 15.1. The number of hydrogen-bond donors (Lipinski definition) is 3. The molecule has 2 aromatic carbocycles. The molecule has 1 aliphatic heterocycles. The third-order valence-corrected chi connectivity index (χ3v) is 4.87. The highest BCUT2D eigenvalue weighted by molar-refractivity contribution is 5.98. The fraction of sp³-hybridized carbons (Fsp3) is 0.238. The molecule has 0 aliphatic carbocycles. The number of aromatic nitrogens is 2. The summed E-state index contributed by atoms with van der Waals surface area (Å²) in [6.07, 6.45) is 6.32. The van der Waals surface area contributed by atoms with Crippen LogP contribution in [0.15, 0.2) is 36.4 Å². The van der Waals surface area contributed by atoms with E-state index in [2.05, 4.69) is 20.8 Å². The minimum Gasteiger partial charge on any atom is -0.322 e. The van der Waals surface area contributed by atoms with Crippen LogP contribution >= 0.6 is 0 Å². The average Bonchev–Trinajstić information content (AvgIpc) is 3.10. The van der Waals surface area contributed by atoms with Gasteiger partial charge in [0.15, 0.2) is 0 Å². The van der Waals surface area contributed by atoms with E-state index in [1.54, 1.807) is 30.4 Å². The molecular weight excluding hydrogens is 362 g/mol. The molecule has 0 bridgehead atoms. The van der Waals surface area contributed by atoms with E-state index in [4.69, 9.17) is 0 Å². The second kappa shape index (κ2) is 7.90. The summed E-state index contributed by atoms with van der Waals surface area (Å²) in [5.74, 6) is -1.05. The second-order valence-corrected chi connectivity index (χ2v) is 6.86. The van der Waals surface area contributed by atoms with Crippen LogP contribution in [0.2, 0.25) is 0 Å². The summed E-state index contributed by atoms with van der Waals surface area (Å²) in [7, 11) is 0. The number of nitrogens with zero attached hydrogens (tertiary/aromatic N) is 1. The summed E-state index contributed by atoms with van der Waals surface area (Å²) in [5, 5.41) is 13.5. The molecule has 28 heavy (non-hydrogen) atoms. The lowest BCUT2D eigenvalue weighted by Crippen LogP contribution is -2.43. The van der Waals surface area contributed by atoms with Crippen molar-refractivity contribution < 1.29 is 13.6 Å². The van der Waals surface area contributed by atoms with E-state index in [1.165, 1.54) is 18.2 Å². The molecule has 1 amide bonds. The molecule has 7 heteroatoms. The van der Waals surface area contributed by atoms with Crippen molar-refractivity contribution in [3.63, 3.8) is 0 Å². The summed E-state index contributed by atoms with van der Waals surface area (Å²) in [5.41, 5.74) is 2.08. The number of amides is 1. The van der Waals surface area contributed by atoms with Gasteiger partial charge in [-0.05, 0) is 49.2 Å². The molecule has 1 atom stereocenters. The van der Waals surface area contributed by atoms with Crippen LogP contribution in [-0.2, 0) is 4.79 Å². The van der Waals surface area contributed by atoms with Crippen molar-refractivity contribution in [3.05, 3.63) is 59.3 Å². The number of carbonyl (C=O) groups is 1. The quantitative estimate of drug-likeness (QED) is 0.637. The molecule has 3 aromatic rings. The minimum absolute atomic E-state index is 0.128. The van der Waals surface area contributed by atoms with Crippen molar-refractivity contribution in [2.24, 2.45) is 0 Å². The lowest BCUT2D eigenvalue weighted by molar-refractivity contribution is -0.118. The highest BCUT2D eigenvalue weighted by Gasteiger charge is 2.22. The Kier molecular flexibility index (Phi) is 5.16. The fourth-order valence-electron chi connectivity index (χ4n) is 3.33. The third-order valence-electron chi connectivity index (χ3n) is 4.87. The molecule has 1 unspecified atom stereocenters. The fourth-order valence-corrected chi connectivity index (χ4v) is 3.33. The van der Waals surface area contributed by atoms with Gasteiger partial charge in [-0.1, -0.05) is 24.6 Å². The minimum atomic E-state index is -0.519. The summed E-state index contributed by atoms with van der Waals surface area (Å²) < 4.78 is 27.4. The molecule has 0 spiro atoms. The van der Waals surface area contributed by atoms with Gasteiger partial charge in [-0.25, -0.2) is 8.78 Å². The van der Waals surface area contributed by atoms with Crippen molar-refractivity contribution in [1.82, 2.24) is 15.5 Å². The van der Waals surface area contributed by atoms with Crippen molar-refractivity contribution >= 4 is 34.6 Å². The lowest BCUT2D eigenvalue weighted by Gasteiger charge is -2.22. The first kappa shape index (κ1) is 18.3. The zero-order chi connectivity index (χ0) is 19.5. The molecule has 1 saturated heterocycles. The lowest BCUT2D eigenvalue weighted by atomic mass is 10.0. The monoisotopic (exact) mass is 382 g/mol. The Morgan fingerprint density at radius 2 is 1.96 bits per heavy atom. The van der Waals surface area contributed by atoms with E-state index >= 15 is 0 Å². The number of halogens is 2. The van der Waals surface area contributed by atoms with E-state index in [-0.39, 0.29) is 23.5 Å². The van der Waals surface area contributed by atoms with Gasteiger partial charge in [-0.2, -0.15) is 5.10 Å². The van der Waals surface area contributed by atoms with Gasteiger partial charge in [-0.15, -0.1) is 0 Å². The van der Waals surface area contributed by atoms with Crippen LogP contribution in [0.5, 0.6) is 0 Å². The van der Waals surface area contributed by atoms with E-state index < -0.39 is 5.82 Å². The zero-order valence-electron chi connectivity index (χ0n) is 15.1. The molecule has 4 rings (SSSR count). The highest BCUT2D eigenvalue weighted by atomic mass is 19.1. The highest BCUT2D eigenvalue weighted by Crippen LogP contribution is 2.26. The number of anilines is 1. The summed E-state index contributed by atoms with van der Waals surface area (Å²) >= 11 is 0. The number of carbonyl (C=O) groups excluding carboxylic acids is 1. The Labute approximate surface area is 160 Å². The Bertz CT molecular complexity index is 1020. The van der Waals surface area contributed by atoms with Crippen LogP contribution in [0.25, 0.3) is 23.1 Å². The number of aromatic amines is 1. The topological polar surface area (TPSA) is 69.8 Å². The average molecular weight is 382 g/mol. The van der Waals surface area contributed by atoms with Gasteiger partial charge in [0.05, 0.1) is 22.9 Å². The maximum atomic E-state index is 14.4. The first-order valence-electron chi connectivity index (χ1n) is 9.26. The van der Waals surface area contributed by atoms with Gasteiger partial charge in [0.1, 0.15) is 11.6 Å². The second-order valence-electron chi connectivity index (χ2n) is 6.86. The van der Waals surface area contributed by atoms with Crippen molar-refractivity contribution in [3.8, 4) is 0 Å². The van der Waals surface area contributed by atoms with E-state index in [9.17, 15) is 13.6 Å². The molecule has 0 radical (unpaired) electrons. The van der Waals surface area contributed by atoms with E-state index in [1.807, 2.05) is 0 Å². The molecule has 3 N–H and O–H groups in total. The van der Waals surface area contributed by atoms with Crippen molar-refractivity contribution in [2.75, 3.05) is 11.9 Å².